The smallest absolute Gasteiger partial charge is 0.262 e. The summed E-state index contributed by atoms with van der Waals surface area (Å²) < 4.78 is 0.633. The Morgan fingerprint density at radius 1 is 1.35 bits per heavy atom. The van der Waals surface area contributed by atoms with Gasteiger partial charge in [-0.3, -0.25) is 4.79 Å². The number of aromatic nitrogens is 1. The number of hydrogen-bond acceptors (Lipinski definition) is 3. The van der Waals surface area contributed by atoms with Crippen molar-refractivity contribution in [3.63, 3.8) is 0 Å². The minimum atomic E-state index is -0.471. The zero-order valence-corrected chi connectivity index (χ0v) is 14.6. The lowest BCUT2D eigenvalue weighted by Crippen LogP contribution is -2.27. The molecule has 0 aliphatic carbocycles. The average Bonchev–Trinajstić information content (AvgIpc) is 2.52. The molecular weight excluding hydrogens is 378 g/mol. The second-order valence-electron chi connectivity index (χ2n) is 4.77. The van der Waals surface area contributed by atoms with Gasteiger partial charge in [-0.2, -0.15) is 5.26 Å². The van der Waals surface area contributed by atoms with Crippen molar-refractivity contribution in [2.45, 2.75) is 13.0 Å². The van der Waals surface area contributed by atoms with E-state index < -0.39 is 5.91 Å². The number of rotatable bonds is 4. The second-order valence-corrected chi connectivity index (χ2v) is 5.99. The zero-order valence-electron chi connectivity index (χ0n) is 12.3. The van der Waals surface area contributed by atoms with Gasteiger partial charge in [-0.05, 0) is 52.7 Å². The van der Waals surface area contributed by atoms with Crippen LogP contribution >= 0.6 is 27.5 Å². The van der Waals surface area contributed by atoms with Crippen molar-refractivity contribution in [2.75, 3.05) is 0 Å². The van der Waals surface area contributed by atoms with E-state index in [4.69, 9.17) is 11.6 Å². The molecule has 0 fully saturated rings. The van der Waals surface area contributed by atoms with Crippen LogP contribution in [0.25, 0.3) is 6.08 Å². The van der Waals surface area contributed by atoms with E-state index in [0.29, 0.717) is 15.3 Å². The average molecular weight is 391 g/mol. The standard InChI is InChI=1S/C17H13BrClN3O/c1-11(14-6-2-3-7-15(14)19)21-17(23)12(10-20)9-13-5-4-8-16(18)22-13/h2-9,11H,1H3,(H,21,23)/b12-9+/t11-/m0/s1. The number of pyridine rings is 1. The number of nitrogens with one attached hydrogen (secondary N) is 1. The number of hydrogen-bond donors (Lipinski definition) is 1. The van der Waals surface area contributed by atoms with Gasteiger partial charge in [-0.25, -0.2) is 4.98 Å². The Bertz CT molecular complexity index is 798. The fourth-order valence-electron chi connectivity index (χ4n) is 1.98. The van der Waals surface area contributed by atoms with E-state index in [1.165, 1.54) is 6.08 Å². The molecule has 116 valence electrons. The first kappa shape index (κ1) is 17.2. The first-order chi connectivity index (χ1) is 11.0. The molecule has 2 aromatic rings. The van der Waals surface area contributed by atoms with Crippen molar-refractivity contribution in [3.05, 3.63) is 68.9 Å². The predicted octanol–water partition coefficient (Wildman–Crippen LogP) is 4.28. The van der Waals surface area contributed by atoms with Gasteiger partial charge in [0.25, 0.3) is 5.91 Å². The summed E-state index contributed by atoms with van der Waals surface area (Å²) in [4.78, 5) is 16.5. The molecular formula is C17H13BrClN3O. The molecule has 1 N–H and O–H groups in total. The Hall–Kier alpha value is -2.16. The lowest BCUT2D eigenvalue weighted by molar-refractivity contribution is -0.117. The molecule has 1 aromatic heterocycles. The SMILES string of the molecule is C[C@H](NC(=O)/C(C#N)=C/c1cccc(Br)n1)c1ccccc1Cl. The van der Waals surface area contributed by atoms with Crippen LogP contribution in [0.5, 0.6) is 0 Å². The Balaban J connectivity index is 2.18. The van der Waals surface area contributed by atoms with Crippen LogP contribution in [-0.2, 0) is 4.79 Å². The summed E-state index contributed by atoms with van der Waals surface area (Å²) in [6.07, 6.45) is 1.44. The van der Waals surface area contributed by atoms with Gasteiger partial charge in [0.1, 0.15) is 16.2 Å². The monoisotopic (exact) mass is 389 g/mol. The molecule has 4 nitrogen and oxygen atoms in total. The summed E-state index contributed by atoms with van der Waals surface area (Å²) in [5.74, 6) is -0.471. The highest BCUT2D eigenvalue weighted by atomic mass is 79.9. The van der Waals surface area contributed by atoms with Crippen LogP contribution in [-0.4, -0.2) is 10.9 Å². The molecule has 0 aliphatic heterocycles. The molecule has 0 unspecified atom stereocenters. The maximum absolute atomic E-state index is 12.3. The Morgan fingerprint density at radius 2 is 2.09 bits per heavy atom. The predicted molar refractivity (Wildman–Crippen MR) is 93.5 cm³/mol. The van der Waals surface area contributed by atoms with Crippen molar-refractivity contribution in [2.24, 2.45) is 0 Å². The van der Waals surface area contributed by atoms with Crippen LogP contribution in [0.15, 0.2) is 52.6 Å². The van der Waals surface area contributed by atoms with E-state index in [-0.39, 0.29) is 11.6 Å². The fourth-order valence-corrected chi connectivity index (χ4v) is 2.64. The molecule has 0 radical (unpaired) electrons. The minimum Gasteiger partial charge on any atom is -0.345 e. The van der Waals surface area contributed by atoms with E-state index in [9.17, 15) is 10.1 Å². The molecule has 1 aromatic carbocycles. The zero-order chi connectivity index (χ0) is 16.8. The second kappa shape index (κ2) is 7.91. The Kier molecular flexibility index (Phi) is 5.91. The number of carbonyl (C=O) groups excluding carboxylic acids is 1. The van der Waals surface area contributed by atoms with Crippen molar-refractivity contribution >= 4 is 39.5 Å². The van der Waals surface area contributed by atoms with Gasteiger partial charge in [0.15, 0.2) is 0 Å². The highest BCUT2D eigenvalue weighted by molar-refractivity contribution is 9.10. The van der Waals surface area contributed by atoms with Gasteiger partial charge in [-0.1, -0.05) is 35.9 Å². The van der Waals surface area contributed by atoms with Crippen LogP contribution in [0.1, 0.15) is 24.2 Å². The molecule has 6 heteroatoms. The largest absolute Gasteiger partial charge is 0.345 e. The first-order valence-electron chi connectivity index (χ1n) is 6.81. The molecule has 1 atom stereocenters. The Morgan fingerprint density at radius 3 is 2.74 bits per heavy atom. The summed E-state index contributed by atoms with van der Waals surface area (Å²) >= 11 is 9.37. The van der Waals surface area contributed by atoms with Crippen LogP contribution in [0.2, 0.25) is 5.02 Å². The molecule has 23 heavy (non-hydrogen) atoms. The molecule has 0 saturated heterocycles. The number of nitriles is 1. The molecule has 1 amide bonds. The number of nitrogens with zero attached hydrogens (tertiary/aromatic N) is 2. The molecule has 0 bridgehead atoms. The van der Waals surface area contributed by atoms with Gasteiger partial charge in [0, 0.05) is 5.02 Å². The molecule has 0 saturated carbocycles. The van der Waals surface area contributed by atoms with Gasteiger partial charge >= 0.3 is 0 Å². The highest BCUT2D eigenvalue weighted by Crippen LogP contribution is 2.22. The summed E-state index contributed by atoms with van der Waals surface area (Å²) in [6.45, 7) is 1.81. The van der Waals surface area contributed by atoms with Crippen molar-refractivity contribution in [1.82, 2.24) is 10.3 Å². The van der Waals surface area contributed by atoms with Gasteiger partial charge in [-0.15, -0.1) is 0 Å². The summed E-state index contributed by atoms with van der Waals surface area (Å²) in [5, 5.41) is 12.6. The minimum absolute atomic E-state index is 0.0190. The molecule has 1 heterocycles. The summed E-state index contributed by atoms with van der Waals surface area (Å²) in [6, 6.07) is 14.1. The van der Waals surface area contributed by atoms with Gasteiger partial charge in [0.05, 0.1) is 11.7 Å². The summed E-state index contributed by atoms with van der Waals surface area (Å²) in [5.41, 5.74) is 1.30. The number of amides is 1. The molecule has 0 aliphatic rings. The molecule has 2 rings (SSSR count). The topological polar surface area (TPSA) is 65.8 Å². The highest BCUT2D eigenvalue weighted by Gasteiger charge is 2.15. The third-order valence-electron chi connectivity index (χ3n) is 3.11. The van der Waals surface area contributed by atoms with E-state index in [0.717, 1.165) is 5.56 Å². The number of halogens is 2. The van der Waals surface area contributed by atoms with Crippen LogP contribution < -0.4 is 5.32 Å². The van der Waals surface area contributed by atoms with Crippen LogP contribution in [0, 0.1) is 11.3 Å². The first-order valence-corrected chi connectivity index (χ1v) is 7.98. The quantitative estimate of drug-likeness (QED) is 0.481. The fraction of sp³-hybridized carbons (Fsp3) is 0.118. The van der Waals surface area contributed by atoms with E-state index >= 15 is 0 Å². The maximum Gasteiger partial charge on any atom is 0.262 e. The third-order valence-corrected chi connectivity index (χ3v) is 3.90. The van der Waals surface area contributed by atoms with Crippen molar-refractivity contribution in [1.29, 1.82) is 5.26 Å². The van der Waals surface area contributed by atoms with Crippen molar-refractivity contribution < 1.29 is 4.79 Å². The van der Waals surface area contributed by atoms with Gasteiger partial charge < -0.3 is 5.32 Å². The van der Waals surface area contributed by atoms with Gasteiger partial charge in [0.2, 0.25) is 0 Å². The number of benzene rings is 1. The number of carbonyl (C=O) groups is 1. The molecule has 0 spiro atoms. The normalized spacial score (nSPS) is 12.3. The lowest BCUT2D eigenvalue weighted by Gasteiger charge is -2.15. The third kappa shape index (κ3) is 4.65. The van der Waals surface area contributed by atoms with Crippen molar-refractivity contribution in [3.8, 4) is 6.07 Å². The van der Waals surface area contributed by atoms with Crippen LogP contribution in [0.3, 0.4) is 0 Å². The summed E-state index contributed by atoms with van der Waals surface area (Å²) in [7, 11) is 0. The Labute approximate surface area is 147 Å². The van der Waals surface area contributed by atoms with E-state index in [1.807, 2.05) is 31.2 Å². The van der Waals surface area contributed by atoms with E-state index in [2.05, 4.69) is 26.2 Å². The lowest BCUT2D eigenvalue weighted by atomic mass is 10.1. The maximum atomic E-state index is 12.3. The van der Waals surface area contributed by atoms with Crippen LogP contribution in [0.4, 0.5) is 0 Å². The van der Waals surface area contributed by atoms with E-state index in [1.54, 1.807) is 24.3 Å².